The Kier molecular flexibility index (Phi) is 4.93. The highest BCUT2D eigenvalue weighted by Crippen LogP contribution is 2.23. The maximum absolute atomic E-state index is 13.8. The lowest BCUT2D eigenvalue weighted by atomic mass is 10.1. The van der Waals surface area contributed by atoms with Crippen molar-refractivity contribution in [3.8, 4) is 0 Å². The highest BCUT2D eigenvalue weighted by Gasteiger charge is 2.12. The maximum Gasteiger partial charge on any atom is 0.255 e. The van der Waals surface area contributed by atoms with Crippen molar-refractivity contribution in [3.63, 3.8) is 0 Å². The van der Waals surface area contributed by atoms with Crippen LogP contribution in [0.4, 0.5) is 26.0 Å². The number of aromatic nitrogens is 1. The summed E-state index contributed by atoms with van der Waals surface area (Å²) in [7, 11) is 0. The molecule has 3 rings (SSSR count). The van der Waals surface area contributed by atoms with Crippen molar-refractivity contribution in [1.29, 1.82) is 0 Å². The van der Waals surface area contributed by atoms with E-state index in [4.69, 9.17) is 0 Å². The minimum atomic E-state index is -0.739. The summed E-state index contributed by atoms with van der Waals surface area (Å²) in [6, 6.07) is 12.2. The third-order valence-electron chi connectivity index (χ3n) is 4.09. The highest BCUT2D eigenvalue weighted by molar-refractivity contribution is 6.05. The number of anilines is 3. The van der Waals surface area contributed by atoms with Crippen molar-refractivity contribution in [1.82, 2.24) is 4.98 Å². The van der Waals surface area contributed by atoms with E-state index in [2.05, 4.69) is 15.6 Å². The van der Waals surface area contributed by atoms with Gasteiger partial charge in [0.25, 0.3) is 5.91 Å². The summed E-state index contributed by atoms with van der Waals surface area (Å²) in [4.78, 5) is 16.5. The number of amides is 1. The molecule has 0 unspecified atom stereocenters. The zero-order valence-corrected chi connectivity index (χ0v) is 14.3. The zero-order valence-electron chi connectivity index (χ0n) is 14.3. The number of benzene rings is 2. The van der Waals surface area contributed by atoms with E-state index in [0.717, 1.165) is 23.3 Å². The molecule has 0 aliphatic heterocycles. The standard InChI is InChI=1S/C20H17F2N3O/c1-12-5-3-8-17(13(12)2)24-20(26)14-9-10-23-18(11-14)25-19-15(21)6-4-7-16(19)22/h3-11H,1-2H3,(H,23,25)(H,24,26). The molecule has 4 nitrogen and oxygen atoms in total. The Bertz CT molecular complexity index is 953. The Morgan fingerprint density at radius 1 is 1.00 bits per heavy atom. The first-order chi connectivity index (χ1) is 12.5. The van der Waals surface area contributed by atoms with Crippen molar-refractivity contribution in [2.24, 2.45) is 0 Å². The summed E-state index contributed by atoms with van der Waals surface area (Å²) in [5, 5.41) is 5.42. The smallest absolute Gasteiger partial charge is 0.255 e. The molecule has 0 atom stereocenters. The molecule has 0 saturated heterocycles. The van der Waals surface area contributed by atoms with Crippen molar-refractivity contribution in [2.45, 2.75) is 13.8 Å². The van der Waals surface area contributed by atoms with Crippen molar-refractivity contribution >= 4 is 23.1 Å². The van der Waals surface area contributed by atoms with Gasteiger partial charge in [-0.1, -0.05) is 18.2 Å². The molecule has 0 saturated carbocycles. The van der Waals surface area contributed by atoms with E-state index in [1.54, 1.807) is 0 Å². The molecule has 0 aliphatic rings. The first-order valence-electron chi connectivity index (χ1n) is 8.00. The Morgan fingerprint density at radius 2 is 1.69 bits per heavy atom. The molecule has 3 aromatic rings. The fourth-order valence-corrected chi connectivity index (χ4v) is 2.47. The molecular formula is C20H17F2N3O. The normalized spacial score (nSPS) is 10.5. The molecule has 0 aliphatic carbocycles. The molecule has 0 bridgehead atoms. The molecule has 6 heteroatoms. The number of aryl methyl sites for hydroxylation is 1. The van der Waals surface area contributed by atoms with Gasteiger partial charge in [0.05, 0.1) is 0 Å². The Balaban J connectivity index is 1.83. The molecule has 26 heavy (non-hydrogen) atoms. The van der Waals surface area contributed by atoms with Crippen LogP contribution in [0.5, 0.6) is 0 Å². The van der Waals surface area contributed by atoms with Crippen LogP contribution in [0.3, 0.4) is 0 Å². The third kappa shape index (κ3) is 3.69. The van der Waals surface area contributed by atoms with Crippen LogP contribution in [0.1, 0.15) is 21.5 Å². The molecule has 1 heterocycles. The number of hydrogen-bond donors (Lipinski definition) is 2. The number of halogens is 2. The SMILES string of the molecule is Cc1cccc(NC(=O)c2ccnc(Nc3c(F)cccc3F)c2)c1C. The first-order valence-corrected chi connectivity index (χ1v) is 8.00. The van der Waals surface area contributed by atoms with Gasteiger partial charge in [0.15, 0.2) is 0 Å². The van der Waals surface area contributed by atoms with Crippen LogP contribution in [0.25, 0.3) is 0 Å². The summed E-state index contributed by atoms with van der Waals surface area (Å²) in [6.07, 6.45) is 1.40. The van der Waals surface area contributed by atoms with Gasteiger partial charge in [0, 0.05) is 17.4 Å². The molecule has 1 amide bonds. The van der Waals surface area contributed by atoms with Crippen LogP contribution in [0, 0.1) is 25.5 Å². The van der Waals surface area contributed by atoms with Crippen molar-refractivity contribution in [2.75, 3.05) is 10.6 Å². The van der Waals surface area contributed by atoms with Gasteiger partial charge in [-0.2, -0.15) is 0 Å². The maximum atomic E-state index is 13.8. The number of hydrogen-bond acceptors (Lipinski definition) is 3. The van der Waals surface area contributed by atoms with Crippen molar-refractivity contribution in [3.05, 3.63) is 83.1 Å². The van der Waals surface area contributed by atoms with E-state index in [1.807, 2.05) is 32.0 Å². The van der Waals surface area contributed by atoms with Gasteiger partial charge < -0.3 is 10.6 Å². The first kappa shape index (κ1) is 17.5. The summed E-state index contributed by atoms with van der Waals surface area (Å²) in [5.41, 5.74) is 2.75. The van der Waals surface area contributed by atoms with Crippen LogP contribution >= 0.6 is 0 Å². The van der Waals surface area contributed by atoms with Gasteiger partial charge in [0.1, 0.15) is 23.1 Å². The van der Waals surface area contributed by atoms with Gasteiger partial charge in [-0.15, -0.1) is 0 Å². The van der Waals surface area contributed by atoms with E-state index < -0.39 is 11.6 Å². The molecule has 2 N–H and O–H groups in total. The van der Waals surface area contributed by atoms with Crippen LogP contribution in [-0.4, -0.2) is 10.9 Å². The second-order valence-electron chi connectivity index (χ2n) is 5.85. The van der Waals surface area contributed by atoms with Crippen LogP contribution < -0.4 is 10.6 Å². The van der Waals surface area contributed by atoms with Gasteiger partial charge in [-0.05, 0) is 55.3 Å². The van der Waals surface area contributed by atoms with E-state index in [0.29, 0.717) is 11.3 Å². The van der Waals surface area contributed by atoms with Gasteiger partial charge in [-0.3, -0.25) is 4.79 Å². The van der Waals surface area contributed by atoms with E-state index in [9.17, 15) is 13.6 Å². The predicted molar refractivity (Wildman–Crippen MR) is 97.7 cm³/mol. The number of rotatable bonds is 4. The number of pyridine rings is 1. The number of nitrogens with zero attached hydrogens (tertiary/aromatic N) is 1. The lowest BCUT2D eigenvalue weighted by molar-refractivity contribution is 0.102. The lowest BCUT2D eigenvalue weighted by Crippen LogP contribution is -2.13. The second kappa shape index (κ2) is 7.31. The number of carbonyl (C=O) groups is 1. The van der Waals surface area contributed by atoms with Crippen LogP contribution in [-0.2, 0) is 0 Å². The van der Waals surface area contributed by atoms with Gasteiger partial charge in [0.2, 0.25) is 0 Å². The number of carbonyl (C=O) groups excluding carboxylic acids is 1. The lowest BCUT2D eigenvalue weighted by Gasteiger charge is -2.12. The fraction of sp³-hybridized carbons (Fsp3) is 0.100. The summed E-state index contributed by atoms with van der Waals surface area (Å²) in [5.74, 6) is -1.64. The molecular weight excluding hydrogens is 336 g/mol. The van der Waals surface area contributed by atoms with Gasteiger partial charge >= 0.3 is 0 Å². The zero-order chi connectivity index (χ0) is 18.7. The number of para-hydroxylation sites is 1. The van der Waals surface area contributed by atoms with Gasteiger partial charge in [-0.25, -0.2) is 13.8 Å². The highest BCUT2D eigenvalue weighted by atomic mass is 19.1. The van der Waals surface area contributed by atoms with E-state index in [1.165, 1.54) is 24.4 Å². The Hall–Kier alpha value is -3.28. The summed E-state index contributed by atoms with van der Waals surface area (Å²) >= 11 is 0. The average Bonchev–Trinajstić information content (AvgIpc) is 2.62. The summed E-state index contributed by atoms with van der Waals surface area (Å²) < 4.78 is 27.5. The predicted octanol–water partition coefficient (Wildman–Crippen LogP) is 4.97. The molecule has 2 aromatic carbocycles. The quantitative estimate of drug-likeness (QED) is 0.696. The molecule has 0 fully saturated rings. The van der Waals surface area contributed by atoms with Crippen LogP contribution in [0.2, 0.25) is 0 Å². The largest absolute Gasteiger partial charge is 0.335 e. The Labute approximate surface area is 149 Å². The topological polar surface area (TPSA) is 54.0 Å². The fourth-order valence-electron chi connectivity index (χ4n) is 2.47. The molecule has 0 spiro atoms. The van der Waals surface area contributed by atoms with Crippen molar-refractivity contribution < 1.29 is 13.6 Å². The third-order valence-corrected chi connectivity index (χ3v) is 4.09. The van der Waals surface area contributed by atoms with Crippen LogP contribution in [0.15, 0.2) is 54.7 Å². The Morgan fingerprint density at radius 3 is 2.42 bits per heavy atom. The van der Waals surface area contributed by atoms with E-state index in [-0.39, 0.29) is 17.4 Å². The molecule has 1 aromatic heterocycles. The second-order valence-corrected chi connectivity index (χ2v) is 5.85. The minimum absolute atomic E-state index is 0.169. The van der Waals surface area contributed by atoms with E-state index >= 15 is 0 Å². The molecule has 132 valence electrons. The minimum Gasteiger partial charge on any atom is -0.335 e. The number of nitrogens with one attached hydrogen (secondary N) is 2. The summed E-state index contributed by atoms with van der Waals surface area (Å²) in [6.45, 7) is 3.88. The monoisotopic (exact) mass is 353 g/mol. The average molecular weight is 353 g/mol. The molecule has 0 radical (unpaired) electrons.